The number of hydrogen-bond donors (Lipinski definition) is 0. The van der Waals surface area contributed by atoms with Gasteiger partial charge in [0.15, 0.2) is 0 Å². The zero-order valence-electron chi connectivity index (χ0n) is 8.20. The Morgan fingerprint density at radius 2 is 1.40 bits per heavy atom. The van der Waals surface area contributed by atoms with Crippen molar-refractivity contribution in [2.24, 2.45) is 0 Å². The molecule has 0 radical (unpaired) electrons. The summed E-state index contributed by atoms with van der Waals surface area (Å²) in [6.45, 7) is 9.66. The first-order valence-electron chi connectivity index (χ1n) is 4.63. The molecule has 0 aromatic heterocycles. The molecule has 1 unspecified atom stereocenters. The molecule has 0 heterocycles. The molecule has 0 aliphatic heterocycles. The van der Waals surface area contributed by atoms with Gasteiger partial charge < -0.3 is 0 Å². The van der Waals surface area contributed by atoms with Crippen LogP contribution in [0.15, 0.2) is 0 Å². The van der Waals surface area contributed by atoms with Crippen molar-refractivity contribution in [2.45, 2.75) is 51.0 Å². The Morgan fingerprint density at radius 3 is 1.40 bits per heavy atom. The lowest BCUT2D eigenvalue weighted by Gasteiger charge is -2.32. The van der Waals surface area contributed by atoms with Crippen molar-refractivity contribution in [3.63, 3.8) is 0 Å². The summed E-state index contributed by atoms with van der Waals surface area (Å²) in [4.78, 5) is 0. The minimum absolute atomic E-state index is 0.733. The minimum atomic E-state index is -0.733. The van der Waals surface area contributed by atoms with Gasteiger partial charge in [-0.3, -0.25) is 0 Å². The predicted octanol–water partition coefficient (Wildman–Crippen LogP) is 2.21. The largest absolute Gasteiger partial charge is 0.0681 e. The van der Waals surface area contributed by atoms with E-state index in [4.69, 9.17) is 0 Å². The third-order valence-electron chi connectivity index (χ3n) is 3.34. The van der Waals surface area contributed by atoms with E-state index in [1.165, 1.54) is 28.4 Å². The summed E-state index contributed by atoms with van der Waals surface area (Å²) in [6, 6.07) is 4.51. The number of hydrogen-bond acceptors (Lipinski definition) is 0. The standard InChI is InChI=1S/C8H22Si2/c1-5-10(6-2,7-3)8(4)9/h8H,5-7H2,1-4,9H3. The van der Waals surface area contributed by atoms with Gasteiger partial charge in [-0.05, 0) is 0 Å². The van der Waals surface area contributed by atoms with E-state index in [-0.39, 0.29) is 0 Å². The van der Waals surface area contributed by atoms with E-state index in [0.717, 1.165) is 5.16 Å². The molecule has 0 aliphatic carbocycles. The first kappa shape index (κ1) is 10.4. The van der Waals surface area contributed by atoms with Crippen LogP contribution in [0.5, 0.6) is 0 Å². The van der Waals surface area contributed by atoms with Crippen molar-refractivity contribution in [2.75, 3.05) is 0 Å². The summed E-state index contributed by atoms with van der Waals surface area (Å²) >= 11 is 0. The van der Waals surface area contributed by atoms with Crippen molar-refractivity contribution in [3.8, 4) is 0 Å². The maximum absolute atomic E-state index is 2.47. The minimum Gasteiger partial charge on any atom is -0.0681 e. The molecule has 0 saturated heterocycles. The lowest BCUT2D eigenvalue weighted by atomic mass is 10.9. The Bertz CT molecular complexity index is 77.0. The van der Waals surface area contributed by atoms with Gasteiger partial charge in [0.1, 0.15) is 0 Å². The second-order valence-corrected chi connectivity index (χ2v) is 12.5. The van der Waals surface area contributed by atoms with E-state index in [2.05, 4.69) is 27.7 Å². The van der Waals surface area contributed by atoms with E-state index < -0.39 is 8.07 Å². The van der Waals surface area contributed by atoms with Gasteiger partial charge in [-0.25, -0.2) is 0 Å². The average molecular weight is 174 g/mol. The monoisotopic (exact) mass is 174 g/mol. The van der Waals surface area contributed by atoms with E-state index in [0.29, 0.717) is 0 Å². The number of rotatable bonds is 4. The Labute approximate surface area is 69.8 Å². The maximum atomic E-state index is 2.47. The summed E-state index contributed by atoms with van der Waals surface area (Å²) in [5.41, 5.74) is 0. The van der Waals surface area contributed by atoms with Crippen molar-refractivity contribution < 1.29 is 0 Å². The smallest absolute Gasteiger partial charge is 0.0521 e. The Balaban J connectivity index is 4.15. The van der Waals surface area contributed by atoms with Crippen molar-refractivity contribution in [3.05, 3.63) is 0 Å². The molecule has 62 valence electrons. The van der Waals surface area contributed by atoms with E-state index in [1.54, 1.807) is 0 Å². The molecule has 2 heteroatoms. The topological polar surface area (TPSA) is 0 Å². The fourth-order valence-electron chi connectivity index (χ4n) is 1.97. The van der Waals surface area contributed by atoms with Crippen molar-refractivity contribution in [1.29, 1.82) is 0 Å². The zero-order valence-corrected chi connectivity index (χ0v) is 11.2. The summed E-state index contributed by atoms with van der Waals surface area (Å²) < 4.78 is 0. The van der Waals surface area contributed by atoms with Crippen LogP contribution in [-0.2, 0) is 0 Å². The van der Waals surface area contributed by atoms with Crippen LogP contribution < -0.4 is 0 Å². The summed E-state index contributed by atoms with van der Waals surface area (Å²) in [7, 11) is 0.684. The van der Waals surface area contributed by atoms with E-state index >= 15 is 0 Å². The average Bonchev–Trinajstić information content (AvgIpc) is 1.92. The molecule has 10 heavy (non-hydrogen) atoms. The molecule has 0 N–H and O–H groups in total. The predicted molar refractivity (Wildman–Crippen MR) is 56.6 cm³/mol. The van der Waals surface area contributed by atoms with E-state index in [1.807, 2.05) is 0 Å². The summed E-state index contributed by atoms with van der Waals surface area (Å²) in [6.07, 6.45) is 0. The molecular formula is C8H22Si2. The van der Waals surface area contributed by atoms with Crippen LogP contribution in [-0.4, -0.2) is 18.3 Å². The molecule has 0 spiro atoms. The highest BCUT2D eigenvalue weighted by molar-refractivity contribution is 6.85. The molecule has 0 amide bonds. The lowest BCUT2D eigenvalue weighted by Crippen LogP contribution is -2.36. The van der Waals surface area contributed by atoms with Crippen molar-refractivity contribution in [1.82, 2.24) is 0 Å². The second-order valence-electron chi connectivity index (χ2n) is 3.58. The molecule has 0 fully saturated rings. The lowest BCUT2D eigenvalue weighted by molar-refractivity contribution is 1.07. The molecule has 0 aromatic carbocycles. The third-order valence-corrected chi connectivity index (χ3v) is 13.7. The zero-order chi connectivity index (χ0) is 8.20. The highest BCUT2D eigenvalue weighted by atomic mass is 28.4. The molecular weight excluding hydrogens is 152 g/mol. The maximum Gasteiger partial charge on any atom is 0.0521 e. The van der Waals surface area contributed by atoms with Crippen LogP contribution in [0.4, 0.5) is 0 Å². The fourth-order valence-corrected chi connectivity index (χ4v) is 9.60. The van der Waals surface area contributed by atoms with Crippen LogP contribution in [0.1, 0.15) is 27.7 Å². The third kappa shape index (κ3) is 1.96. The normalized spacial score (nSPS) is 15.6. The SMILES string of the molecule is CC[Si](CC)(CC)C(C)[SiH3]. The van der Waals surface area contributed by atoms with Crippen LogP contribution in [0.3, 0.4) is 0 Å². The van der Waals surface area contributed by atoms with Gasteiger partial charge in [-0.1, -0.05) is 51.0 Å². The Hall–Kier alpha value is 0.434. The first-order chi connectivity index (χ1) is 4.63. The van der Waals surface area contributed by atoms with Gasteiger partial charge in [0.2, 0.25) is 0 Å². The van der Waals surface area contributed by atoms with Crippen LogP contribution in [0.2, 0.25) is 23.3 Å². The van der Waals surface area contributed by atoms with Gasteiger partial charge in [-0.2, -0.15) is 0 Å². The van der Waals surface area contributed by atoms with Gasteiger partial charge >= 0.3 is 0 Å². The second kappa shape index (κ2) is 4.34. The van der Waals surface area contributed by atoms with Gasteiger partial charge in [-0.15, -0.1) is 0 Å². The summed E-state index contributed by atoms with van der Waals surface area (Å²) in [5.74, 6) is 0. The first-order valence-corrected chi connectivity index (χ1v) is 8.48. The van der Waals surface area contributed by atoms with Crippen LogP contribution in [0.25, 0.3) is 0 Å². The van der Waals surface area contributed by atoms with Crippen molar-refractivity contribution >= 4 is 18.3 Å². The summed E-state index contributed by atoms with van der Waals surface area (Å²) in [5, 5.41) is 1.12. The molecule has 0 aliphatic rings. The fraction of sp³-hybridized carbons (Fsp3) is 1.00. The molecule has 0 nitrogen and oxygen atoms in total. The van der Waals surface area contributed by atoms with Gasteiger partial charge in [0, 0.05) is 10.2 Å². The molecule has 0 bridgehead atoms. The van der Waals surface area contributed by atoms with Crippen LogP contribution in [0, 0.1) is 0 Å². The van der Waals surface area contributed by atoms with Gasteiger partial charge in [0.25, 0.3) is 0 Å². The Morgan fingerprint density at radius 1 is 1.10 bits per heavy atom. The molecule has 0 saturated carbocycles. The molecule has 1 atom stereocenters. The molecule has 0 aromatic rings. The molecule has 0 rings (SSSR count). The van der Waals surface area contributed by atoms with Gasteiger partial charge in [0.05, 0.1) is 8.07 Å². The highest BCUT2D eigenvalue weighted by Crippen LogP contribution is 2.30. The van der Waals surface area contributed by atoms with Crippen LogP contribution >= 0.6 is 0 Å². The van der Waals surface area contributed by atoms with E-state index in [9.17, 15) is 0 Å². The quantitative estimate of drug-likeness (QED) is 0.573. The highest BCUT2D eigenvalue weighted by Gasteiger charge is 2.29. The Kier molecular flexibility index (Phi) is 4.53.